The predicted molar refractivity (Wildman–Crippen MR) is 213 cm³/mol. The van der Waals surface area contributed by atoms with E-state index in [0.717, 1.165) is 11.3 Å². The van der Waals surface area contributed by atoms with Crippen molar-refractivity contribution >= 4 is 39.6 Å². The van der Waals surface area contributed by atoms with E-state index in [0.29, 0.717) is 0 Å². The van der Waals surface area contributed by atoms with Gasteiger partial charge in [-0.1, -0.05) is 131 Å². The summed E-state index contributed by atoms with van der Waals surface area (Å²) in [4.78, 5) is 2.47. The van der Waals surface area contributed by atoms with Crippen molar-refractivity contribution in [2.75, 3.05) is 10.2 Å². The molecule has 0 bridgehead atoms. The minimum Gasteiger partial charge on any atom is -0.362 e. The van der Waals surface area contributed by atoms with Crippen LogP contribution in [0.2, 0.25) is 0 Å². The molecule has 0 radical (unpaired) electrons. The zero-order chi connectivity index (χ0) is 34.0. The largest absolute Gasteiger partial charge is 0.362 e. The number of nitrogens with zero attached hydrogens (tertiary/aromatic N) is 1. The van der Waals surface area contributed by atoms with Gasteiger partial charge in [-0.2, -0.15) is 0 Å². The molecule has 0 unspecified atom stereocenters. The smallest absolute Gasteiger partial charge is 0.0506 e. The number of benzene rings is 7. The number of nitrogens with one attached hydrogen (secondary N) is 1. The molecule has 0 spiro atoms. The first-order valence-electron chi connectivity index (χ1n) is 17.6. The van der Waals surface area contributed by atoms with Crippen molar-refractivity contribution in [3.8, 4) is 22.3 Å². The van der Waals surface area contributed by atoms with Gasteiger partial charge in [0.1, 0.15) is 0 Å². The highest BCUT2D eigenvalue weighted by Gasteiger charge is 2.42. The molecular weight excluding hydrogens is 605 g/mol. The molecule has 7 aromatic rings. The third-order valence-corrected chi connectivity index (χ3v) is 11.1. The van der Waals surface area contributed by atoms with Crippen molar-refractivity contribution in [3.05, 3.63) is 186 Å². The first-order valence-corrected chi connectivity index (χ1v) is 17.6. The molecule has 2 heteroatoms. The Morgan fingerprint density at radius 3 is 1.98 bits per heavy atom. The Kier molecular flexibility index (Phi) is 6.86. The Morgan fingerprint density at radius 2 is 1.16 bits per heavy atom. The highest BCUT2D eigenvalue weighted by atomic mass is 15.2. The van der Waals surface area contributed by atoms with E-state index in [1.807, 2.05) is 6.20 Å². The van der Waals surface area contributed by atoms with Gasteiger partial charge in [-0.25, -0.2) is 0 Å². The summed E-state index contributed by atoms with van der Waals surface area (Å²) in [5, 5.41) is 5.92. The van der Waals surface area contributed by atoms with Gasteiger partial charge in [0, 0.05) is 28.4 Å². The highest BCUT2D eigenvalue weighted by Crippen LogP contribution is 2.57. The van der Waals surface area contributed by atoms with Crippen molar-refractivity contribution in [2.24, 2.45) is 0 Å². The fraction of sp³-hybridized carbons (Fsp3) is 0.125. The van der Waals surface area contributed by atoms with Crippen LogP contribution in [0, 0.1) is 0 Å². The maximum atomic E-state index is 3.44. The Morgan fingerprint density at radius 1 is 0.480 bits per heavy atom. The number of para-hydroxylation sites is 2. The minimum absolute atomic E-state index is 0.139. The molecule has 0 saturated carbocycles. The molecule has 0 aromatic heterocycles. The summed E-state index contributed by atoms with van der Waals surface area (Å²) in [7, 11) is 0. The Hall–Kier alpha value is -5.86. The number of hydrogen-bond acceptors (Lipinski definition) is 2. The summed E-state index contributed by atoms with van der Waals surface area (Å²) in [5.74, 6) is 0. The van der Waals surface area contributed by atoms with E-state index in [9.17, 15) is 0 Å². The highest BCUT2D eigenvalue weighted by molar-refractivity contribution is 5.92. The van der Waals surface area contributed by atoms with Crippen LogP contribution >= 0.6 is 0 Å². The van der Waals surface area contributed by atoms with E-state index >= 15 is 0 Å². The van der Waals surface area contributed by atoms with Crippen LogP contribution < -0.4 is 10.2 Å². The van der Waals surface area contributed by atoms with Gasteiger partial charge in [-0.3, -0.25) is 0 Å². The quantitative estimate of drug-likeness (QED) is 0.201. The zero-order valence-corrected chi connectivity index (χ0v) is 29.0. The van der Waals surface area contributed by atoms with Crippen LogP contribution in [-0.4, -0.2) is 0 Å². The second kappa shape index (κ2) is 11.4. The molecule has 7 aromatic carbocycles. The zero-order valence-electron chi connectivity index (χ0n) is 29.0. The molecule has 9 rings (SSSR count). The lowest BCUT2D eigenvalue weighted by molar-refractivity contribution is 0.627. The summed E-state index contributed by atoms with van der Waals surface area (Å²) in [6.07, 6.45) is 4.15. The van der Waals surface area contributed by atoms with Crippen molar-refractivity contribution in [1.82, 2.24) is 0 Å². The molecule has 2 aliphatic rings. The van der Waals surface area contributed by atoms with Crippen LogP contribution in [0.15, 0.2) is 158 Å². The topological polar surface area (TPSA) is 15.3 Å². The molecular formula is C48H40N2. The lowest BCUT2D eigenvalue weighted by atomic mass is 9.72. The summed E-state index contributed by atoms with van der Waals surface area (Å²) < 4.78 is 0. The molecule has 242 valence electrons. The lowest BCUT2D eigenvalue weighted by Gasteiger charge is -2.42. The molecule has 50 heavy (non-hydrogen) atoms. The summed E-state index contributed by atoms with van der Waals surface area (Å²) in [6.45, 7) is 9.53. The lowest BCUT2D eigenvalue weighted by Crippen LogP contribution is -2.31. The summed E-state index contributed by atoms with van der Waals surface area (Å²) in [6, 6.07) is 55.6. The SMILES string of the molecule is CC1(C)c2cc(-c3ccc(/C=C/Nc4ccc5ccccc5c4)cc3)ccc2-c2cc3c(cc21)N(c1ccccc1)c1ccccc1C3(C)C. The van der Waals surface area contributed by atoms with E-state index in [1.54, 1.807) is 0 Å². The Labute approximate surface area is 295 Å². The fourth-order valence-electron chi connectivity index (χ4n) is 8.26. The molecule has 1 N–H and O–H groups in total. The van der Waals surface area contributed by atoms with E-state index in [4.69, 9.17) is 0 Å². The van der Waals surface area contributed by atoms with Gasteiger partial charge in [0.15, 0.2) is 0 Å². The molecule has 0 saturated heterocycles. The molecule has 0 amide bonds. The molecule has 1 aliphatic heterocycles. The monoisotopic (exact) mass is 644 g/mol. The Balaban J connectivity index is 1.04. The van der Waals surface area contributed by atoms with Crippen LogP contribution in [0.5, 0.6) is 0 Å². The molecule has 1 aliphatic carbocycles. The molecule has 0 fully saturated rings. The molecule has 1 heterocycles. The normalized spacial score (nSPS) is 15.0. The van der Waals surface area contributed by atoms with Crippen LogP contribution in [0.4, 0.5) is 22.7 Å². The van der Waals surface area contributed by atoms with Crippen LogP contribution in [0.25, 0.3) is 39.1 Å². The van der Waals surface area contributed by atoms with Crippen molar-refractivity contribution < 1.29 is 0 Å². The third-order valence-electron chi connectivity index (χ3n) is 11.1. The number of fused-ring (bicyclic) bond motifs is 6. The fourth-order valence-corrected chi connectivity index (χ4v) is 8.26. The maximum absolute atomic E-state index is 3.44. The van der Waals surface area contributed by atoms with Crippen molar-refractivity contribution in [3.63, 3.8) is 0 Å². The van der Waals surface area contributed by atoms with E-state index in [-0.39, 0.29) is 10.8 Å². The van der Waals surface area contributed by atoms with Gasteiger partial charge >= 0.3 is 0 Å². The predicted octanol–water partition coefficient (Wildman–Crippen LogP) is 13.0. The van der Waals surface area contributed by atoms with Crippen molar-refractivity contribution in [2.45, 2.75) is 38.5 Å². The third kappa shape index (κ3) is 4.78. The average Bonchev–Trinajstić information content (AvgIpc) is 3.36. The van der Waals surface area contributed by atoms with Crippen LogP contribution in [0.3, 0.4) is 0 Å². The number of rotatable bonds is 5. The van der Waals surface area contributed by atoms with Crippen LogP contribution in [-0.2, 0) is 10.8 Å². The van der Waals surface area contributed by atoms with E-state index in [1.165, 1.54) is 72.3 Å². The van der Waals surface area contributed by atoms with E-state index < -0.39 is 0 Å². The second-order valence-corrected chi connectivity index (χ2v) is 14.8. The average molecular weight is 645 g/mol. The van der Waals surface area contributed by atoms with Crippen LogP contribution in [0.1, 0.15) is 55.5 Å². The number of hydrogen-bond donors (Lipinski definition) is 1. The van der Waals surface area contributed by atoms with Crippen molar-refractivity contribution in [1.29, 1.82) is 0 Å². The Bertz CT molecular complexity index is 2450. The molecule has 2 nitrogen and oxygen atoms in total. The van der Waals surface area contributed by atoms with Gasteiger partial charge in [-0.05, 0) is 115 Å². The van der Waals surface area contributed by atoms with Gasteiger partial charge < -0.3 is 10.2 Å². The summed E-state index contributed by atoms with van der Waals surface area (Å²) in [5.41, 5.74) is 16.4. The van der Waals surface area contributed by atoms with Gasteiger partial charge in [0.25, 0.3) is 0 Å². The first kappa shape index (κ1) is 30.2. The molecule has 0 atom stereocenters. The first-order chi connectivity index (χ1) is 24.3. The minimum atomic E-state index is -0.143. The maximum Gasteiger partial charge on any atom is 0.0506 e. The second-order valence-electron chi connectivity index (χ2n) is 14.8. The van der Waals surface area contributed by atoms with Gasteiger partial charge in [-0.15, -0.1) is 0 Å². The van der Waals surface area contributed by atoms with E-state index in [2.05, 4.69) is 196 Å². The van der Waals surface area contributed by atoms with Gasteiger partial charge in [0.2, 0.25) is 0 Å². The standard InChI is InChI=1S/C48H40N2/c1-47(2)41-16-10-11-17-45(41)50(38-14-6-5-7-15-38)46-31-43-40(30-44(46)47)39-25-23-36(29-42(39)48(43,3)4)34-20-18-32(19-21-34)26-27-49-37-24-22-33-12-8-9-13-35(33)28-37/h5-31,49H,1-4H3/b27-26+. The number of anilines is 4. The summed E-state index contributed by atoms with van der Waals surface area (Å²) >= 11 is 0. The van der Waals surface area contributed by atoms with Gasteiger partial charge in [0.05, 0.1) is 11.4 Å².